The van der Waals surface area contributed by atoms with E-state index in [4.69, 9.17) is 4.74 Å². The number of para-hydroxylation sites is 1. The third kappa shape index (κ3) is 4.78. The van der Waals surface area contributed by atoms with E-state index in [1.54, 1.807) is 6.07 Å². The van der Waals surface area contributed by atoms with Crippen LogP contribution in [0.2, 0.25) is 0 Å². The largest absolute Gasteiger partial charge is 0.508 e. The number of hydrogen-bond donors (Lipinski definition) is 1. The van der Waals surface area contributed by atoms with Crippen LogP contribution in [-0.4, -0.2) is 47.1 Å². The van der Waals surface area contributed by atoms with E-state index in [0.29, 0.717) is 17.7 Å². The standard InChI is InChI=1S/C29H34N2O2/c1-22-19-31-16-15-30(21-25(31)18-29(22,2)24-7-6-8-26(32)17-24)20-23-11-13-28(14-12-23)33-27-9-4-3-5-10-27/h3-14,17,22,25,32H,15-16,18-21H2,1-2H3/t22-,25+,29+/m0/s1. The van der Waals surface area contributed by atoms with Gasteiger partial charge in [-0.15, -0.1) is 0 Å². The highest BCUT2D eigenvalue weighted by atomic mass is 16.5. The molecule has 3 aromatic carbocycles. The summed E-state index contributed by atoms with van der Waals surface area (Å²) in [5.74, 6) is 2.66. The van der Waals surface area contributed by atoms with Gasteiger partial charge in [0.15, 0.2) is 0 Å². The monoisotopic (exact) mass is 442 g/mol. The van der Waals surface area contributed by atoms with Crippen molar-refractivity contribution in [1.29, 1.82) is 0 Å². The molecule has 33 heavy (non-hydrogen) atoms. The van der Waals surface area contributed by atoms with Crippen LogP contribution in [0.5, 0.6) is 17.2 Å². The first-order valence-electron chi connectivity index (χ1n) is 12.1. The molecular formula is C29H34N2O2. The van der Waals surface area contributed by atoms with Crippen LogP contribution >= 0.6 is 0 Å². The Morgan fingerprint density at radius 2 is 1.67 bits per heavy atom. The lowest BCUT2D eigenvalue weighted by Gasteiger charge is -2.53. The van der Waals surface area contributed by atoms with Gasteiger partial charge in [-0.25, -0.2) is 0 Å². The minimum absolute atomic E-state index is 0.0827. The molecule has 0 unspecified atom stereocenters. The molecule has 0 aromatic heterocycles. The summed E-state index contributed by atoms with van der Waals surface area (Å²) in [5, 5.41) is 10.1. The molecule has 2 fully saturated rings. The highest BCUT2D eigenvalue weighted by Gasteiger charge is 2.44. The van der Waals surface area contributed by atoms with Crippen molar-refractivity contribution in [2.24, 2.45) is 5.92 Å². The number of ether oxygens (including phenoxy) is 1. The van der Waals surface area contributed by atoms with Crippen molar-refractivity contribution >= 4 is 0 Å². The van der Waals surface area contributed by atoms with Crippen molar-refractivity contribution in [3.05, 3.63) is 90.0 Å². The van der Waals surface area contributed by atoms with Gasteiger partial charge in [-0.1, -0.05) is 56.3 Å². The first kappa shape index (κ1) is 22.0. The molecule has 0 spiro atoms. The van der Waals surface area contributed by atoms with Gasteiger partial charge in [-0.05, 0) is 65.3 Å². The number of piperazine rings is 1. The lowest BCUT2D eigenvalue weighted by Crippen LogP contribution is -2.60. The Balaban J connectivity index is 1.23. The van der Waals surface area contributed by atoms with Gasteiger partial charge in [0.05, 0.1) is 0 Å². The molecule has 3 atom stereocenters. The van der Waals surface area contributed by atoms with Gasteiger partial charge < -0.3 is 9.84 Å². The maximum absolute atomic E-state index is 10.1. The van der Waals surface area contributed by atoms with Crippen molar-refractivity contribution in [2.45, 2.75) is 38.3 Å². The molecule has 0 radical (unpaired) electrons. The Bertz CT molecular complexity index is 1070. The first-order valence-corrected chi connectivity index (χ1v) is 12.1. The van der Waals surface area contributed by atoms with E-state index in [0.717, 1.165) is 50.6 Å². The molecule has 0 bridgehead atoms. The minimum Gasteiger partial charge on any atom is -0.508 e. The van der Waals surface area contributed by atoms with Gasteiger partial charge in [0, 0.05) is 38.8 Å². The highest BCUT2D eigenvalue weighted by molar-refractivity contribution is 5.35. The Labute approximate surface area is 197 Å². The fourth-order valence-electron chi connectivity index (χ4n) is 5.59. The molecule has 172 valence electrons. The number of phenols is 1. The predicted octanol–water partition coefficient (Wildman–Crippen LogP) is 5.67. The molecule has 3 aromatic rings. The third-order valence-electron chi connectivity index (χ3n) is 7.76. The van der Waals surface area contributed by atoms with Gasteiger partial charge >= 0.3 is 0 Å². The molecule has 1 N–H and O–H groups in total. The van der Waals surface area contributed by atoms with Gasteiger partial charge in [0.25, 0.3) is 0 Å². The quantitative estimate of drug-likeness (QED) is 0.552. The maximum Gasteiger partial charge on any atom is 0.127 e. The Hall–Kier alpha value is -2.82. The Morgan fingerprint density at radius 1 is 0.909 bits per heavy atom. The number of fused-ring (bicyclic) bond motifs is 1. The minimum atomic E-state index is 0.0827. The van der Waals surface area contributed by atoms with Gasteiger partial charge in [-0.3, -0.25) is 9.80 Å². The molecule has 2 heterocycles. The van der Waals surface area contributed by atoms with E-state index in [1.807, 2.05) is 42.5 Å². The molecule has 0 aliphatic carbocycles. The lowest BCUT2D eigenvalue weighted by molar-refractivity contribution is -0.00558. The topological polar surface area (TPSA) is 35.9 Å². The number of benzene rings is 3. The molecular weight excluding hydrogens is 408 g/mol. The molecule has 5 rings (SSSR count). The van der Waals surface area contributed by atoms with Crippen LogP contribution in [0, 0.1) is 5.92 Å². The van der Waals surface area contributed by atoms with Crippen molar-refractivity contribution < 1.29 is 9.84 Å². The van der Waals surface area contributed by atoms with E-state index in [2.05, 4.69) is 54.0 Å². The Kier molecular flexibility index (Phi) is 6.13. The average Bonchev–Trinajstić information content (AvgIpc) is 2.82. The van der Waals surface area contributed by atoms with E-state index < -0.39 is 0 Å². The van der Waals surface area contributed by atoms with Crippen LogP contribution in [0.25, 0.3) is 0 Å². The van der Waals surface area contributed by atoms with Crippen LogP contribution in [-0.2, 0) is 12.0 Å². The molecule has 4 heteroatoms. The normalized spacial score (nSPS) is 26.0. The van der Waals surface area contributed by atoms with Gasteiger partial charge in [-0.2, -0.15) is 0 Å². The number of phenolic OH excluding ortho intramolecular Hbond substituents is 1. The highest BCUT2D eigenvalue weighted by Crippen LogP contribution is 2.43. The SMILES string of the molecule is C[C@H]1CN2CCN(Cc3ccc(Oc4ccccc4)cc3)C[C@H]2C[C@@]1(C)c1cccc(O)c1. The summed E-state index contributed by atoms with van der Waals surface area (Å²) in [5.41, 5.74) is 2.67. The zero-order valence-corrected chi connectivity index (χ0v) is 19.7. The van der Waals surface area contributed by atoms with Gasteiger partial charge in [0.2, 0.25) is 0 Å². The molecule has 2 aliphatic rings. The number of rotatable bonds is 5. The molecule has 2 aliphatic heterocycles. The van der Waals surface area contributed by atoms with Crippen LogP contribution in [0.15, 0.2) is 78.9 Å². The third-order valence-corrected chi connectivity index (χ3v) is 7.76. The fourth-order valence-corrected chi connectivity index (χ4v) is 5.59. The van der Waals surface area contributed by atoms with Crippen molar-refractivity contribution in [3.8, 4) is 17.2 Å². The molecule has 4 nitrogen and oxygen atoms in total. The second-order valence-corrected chi connectivity index (χ2v) is 10.0. The summed E-state index contributed by atoms with van der Waals surface area (Å²) >= 11 is 0. The molecule has 0 amide bonds. The van der Waals surface area contributed by atoms with Crippen LogP contribution in [0.4, 0.5) is 0 Å². The average molecular weight is 443 g/mol. The van der Waals surface area contributed by atoms with Crippen molar-refractivity contribution in [1.82, 2.24) is 9.80 Å². The van der Waals surface area contributed by atoms with Crippen molar-refractivity contribution in [3.63, 3.8) is 0 Å². The zero-order chi connectivity index (χ0) is 22.8. The van der Waals surface area contributed by atoms with Gasteiger partial charge in [0.1, 0.15) is 17.2 Å². The second-order valence-electron chi connectivity index (χ2n) is 10.0. The first-order chi connectivity index (χ1) is 16.0. The number of nitrogens with zero attached hydrogens (tertiary/aromatic N) is 2. The summed E-state index contributed by atoms with van der Waals surface area (Å²) in [6, 6.07) is 26.9. The summed E-state index contributed by atoms with van der Waals surface area (Å²) in [6.45, 7) is 10.2. The second kappa shape index (κ2) is 9.20. The number of hydrogen-bond acceptors (Lipinski definition) is 4. The van der Waals surface area contributed by atoms with Crippen molar-refractivity contribution in [2.75, 3.05) is 26.2 Å². The van der Waals surface area contributed by atoms with E-state index >= 15 is 0 Å². The Morgan fingerprint density at radius 3 is 2.42 bits per heavy atom. The number of piperidine rings is 1. The summed E-state index contributed by atoms with van der Waals surface area (Å²) in [7, 11) is 0. The predicted molar refractivity (Wildman–Crippen MR) is 133 cm³/mol. The summed E-state index contributed by atoms with van der Waals surface area (Å²) < 4.78 is 5.94. The van der Waals surface area contributed by atoms with E-state index in [-0.39, 0.29) is 5.41 Å². The molecule has 0 saturated carbocycles. The van der Waals surface area contributed by atoms with Crippen LogP contribution in [0.3, 0.4) is 0 Å². The smallest absolute Gasteiger partial charge is 0.127 e. The summed E-state index contributed by atoms with van der Waals surface area (Å²) in [6.07, 6.45) is 1.12. The molecule has 2 saturated heterocycles. The zero-order valence-electron chi connectivity index (χ0n) is 19.7. The van der Waals surface area contributed by atoms with Crippen LogP contribution in [0.1, 0.15) is 31.4 Å². The lowest BCUT2D eigenvalue weighted by atomic mass is 9.65. The summed E-state index contributed by atoms with van der Waals surface area (Å²) in [4.78, 5) is 5.27. The maximum atomic E-state index is 10.1. The van der Waals surface area contributed by atoms with E-state index in [9.17, 15) is 5.11 Å². The number of aromatic hydroxyl groups is 1. The fraction of sp³-hybridized carbons (Fsp3) is 0.379. The van der Waals surface area contributed by atoms with E-state index in [1.165, 1.54) is 11.1 Å². The van der Waals surface area contributed by atoms with Crippen LogP contribution < -0.4 is 4.74 Å².